The minimum absolute atomic E-state index is 0.698. The minimum Gasteiger partial charge on any atom is -0.354 e. The smallest absolute Gasteiger partial charge is 0.0622 e. The molecule has 0 radical (unpaired) electrons. The lowest BCUT2D eigenvalue weighted by Gasteiger charge is -2.36. The predicted octanol–water partition coefficient (Wildman–Crippen LogP) is 24.7. The fraction of sp³-hybridized carbons (Fsp3) is 0.0667. The molecule has 444 valence electrons. The zero-order valence-corrected chi connectivity index (χ0v) is 52.9. The first kappa shape index (κ1) is 54.1. The van der Waals surface area contributed by atoms with Crippen LogP contribution in [0, 0.1) is 27.7 Å². The van der Waals surface area contributed by atoms with Gasteiger partial charge in [-0.25, -0.2) is 0 Å². The van der Waals surface area contributed by atoms with Crippen LogP contribution >= 0.6 is 0 Å². The molecule has 4 heteroatoms. The maximum absolute atomic E-state index is 4.05. The van der Waals surface area contributed by atoms with Crippen LogP contribution in [0.4, 0.5) is 34.1 Å². The van der Waals surface area contributed by atoms with Crippen LogP contribution in [-0.4, -0.2) is 9.97 Å². The van der Waals surface area contributed by atoms with Crippen LogP contribution in [0.5, 0.6) is 0 Å². The lowest BCUT2D eigenvalue weighted by Crippen LogP contribution is -2.18. The van der Waals surface area contributed by atoms with Crippen LogP contribution in [0.15, 0.2) is 279 Å². The van der Waals surface area contributed by atoms with Gasteiger partial charge in [0.15, 0.2) is 0 Å². The van der Waals surface area contributed by atoms with Crippen LogP contribution in [0.25, 0.3) is 132 Å². The van der Waals surface area contributed by atoms with Crippen molar-refractivity contribution in [1.29, 1.82) is 0 Å². The van der Waals surface area contributed by atoms with Gasteiger partial charge in [0.05, 0.1) is 45.2 Å². The van der Waals surface area contributed by atoms with E-state index in [1.54, 1.807) is 0 Å². The SMILES string of the molecule is Cc1c(C)c(N(c2c(-c3ccccc3)ccc3c2-c2c(c(N(c4cccc5ccccc45)c4cccc5ccccc45)c(C)c(C)c2-c2cccc4c2[nH]c2ccccc24)C3)c2cccc3ccccc23)c2c(c1-c1cccc3c1[nH]c1ccccc13)-c1ccccc1C2. The Morgan fingerprint density at radius 3 is 1.22 bits per heavy atom. The molecule has 94 heavy (non-hydrogen) atoms. The molecule has 2 N–H and O–H groups in total. The zero-order valence-electron chi connectivity index (χ0n) is 52.9. The number of rotatable bonds is 9. The van der Waals surface area contributed by atoms with Gasteiger partial charge >= 0.3 is 0 Å². The summed E-state index contributed by atoms with van der Waals surface area (Å²) in [7, 11) is 0. The number of para-hydroxylation sites is 4. The molecular formula is C90H64N4. The Labute approximate surface area is 546 Å². The van der Waals surface area contributed by atoms with Crippen molar-refractivity contribution in [2.24, 2.45) is 0 Å². The Balaban J connectivity index is 0.996. The molecule has 0 atom stereocenters. The molecule has 0 aliphatic heterocycles. The third kappa shape index (κ3) is 7.87. The van der Waals surface area contributed by atoms with Gasteiger partial charge in [-0.1, -0.05) is 249 Å². The largest absolute Gasteiger partial charge is 0.354 e. The lowest BCUT2D eigenvalue weighted by molar-refractivity contribution is 1.16. The number of H-pyrrole nitrogens is 2. The molecule has 0 saturated heterocycles. The van der Waals surface area contributed by atoms with Gasteiger partial charge in [0.2, 0.25) is 0 Å². The molecule has 17 aromatic rings. The molecule has 0 fully saturated rings. The summed E-state index contributed by atoms with van der Waals surface area (Å²) in [6, 6.07) is 104. The van der Waals surface area contributed by atoms with E-state index in [1.165, 1.54) is 171 Å². The Morgan fingerprint density at radius 1 is 0.255 bits per heavy atom. The van der Waals surface area contributed by atoms with Crippen LogP contribution in [-0.2, 0) is 12.8 Å². The maximum Gasteiger partial charge on any atom is 0.0622 e. The molecule has 0 bridgehead atoms. The summed E-state index contributed by atoms with van der Waals surface area (Å²) < 4.78 is 0. The summed E-state index contributed by atoms with van der Waals surface area (Å²) in [6.45, 7) is 9.62. The highest BCUT2D eigenvalue weighted by Crippen LogP contribution is 2.62. The first-order valence-electron chi connectivity index (χ1n) is 33.0. The minimum atomic E-state index is 0.698. The number of aromatic nitrogens is 2. The normalized spacial score (nSPS) is 12.4. The topological polar surface area (TPSA) is 38.1 Å². The van der Waals surface area contributed by atoms with Gasteiger partial charge in [-0.15, -0.1) is 0 Å². The average Bonchev–Trinajstić information content (AvgIpc) is 1.46. The highest BCUT2D eigenvalue weighted by Gasteiger charge is 2.40. The van der Waals surface area contributed by atoms with Crippen LogP contribution in [0.3, 0.4) is 0 Å². The fourth-order valence-electron chi connectivity index (χ4n) is 16.8. The lowest BCUT2D eigenvalue weighted by atomic mass is 9.83. The van der Waals surface area contributed by atoms with E-state index in [-0.39, 0.29) is 0 Å². The molecule has 4 nitrogen and oxygen atoms in total. The second-order valence-electron chi connectivity index (χ2n) is 26.0. The molecule has 2 aliphatic rings. The van der Waals surface area contributed by atoms with Crippen molar-refractivity contribution in [3.8, 4) is 55.6 Å². The van der Waals surface area contributed by atoms with Gasteiger partial charge in [0.25, 0.3) is 0 Å². The van der Waals surface area contributed by atoms with Crippen molar-refractivity contribution in [2.45, 2.75) is 40.5 Å². The number of nitrogens with one attached hydrogen (secondary N) is 2. The molecule has 2 aromatic heterocycles. The predicted molar refractivity (Wildman–Crippen MR) is 399 cm³/mol. The Hall–Kier alpha value is -11.7. The van der Waals surface area contributed by atoms with E-state index in [1.807, 2.05) is 0 Å². The van der Waals surface area contributed by atoms with Gasteiger partial charge in [0.1, 0.15) is 0 Å². The van der Waals surface area contributed by atoms with E-state index in [0.29, 0.717) is 6.42 Å². The Morgan fingerprint density at radius 2 is 0.660 bits per heavy atom. The number of hydrogen-bond donors (Lipinski definition) is 2. The number of anilines is 6. The molecule has 0 saturated carbocycles. The van der Waals surface area contributed by atoms with Crippen molar-refractivity contribution in [3.05, 3.63) is 324 Å². The summed E-state index contributed by atoms with van der Waals surface area (Å²) in [5.41, 5.74) is 34.3. The first-order valence-corrected chi connectivity index (χ1v) is 33.0. The van der Waals surface area contributed by atoms with Gasteiger partial charge in [-0.3, -0.25) is 0 Å². The van der Waals surface area contributed by atoms with Gasteiger partial charge in [-0.05, 0) is 152 Å². The average molecular weight is 1200 g/mol. The van der Waals surface area contributed by atoms with E-state index < -0.39 is 0 Å². The summed E-state index contributed by atoms with van der Waals surface area (Å²) in [5, 5.41) is 12.1. The molecule has 0 spiro atoms. The quantitative estimate of drug-likeness (QED) is 0.151. The molecular weight excluding hydrogens is 1140 g/mol. The van der Waals surface area contributed by atoms with E-state index >= 15 is 0 Å². The summed E-state index contributed by atoms with van der Waals surface area (Å²) in [4.78, 5) is 13.4. The second-order valence-corrected chi connectivity index (χ2v) is 26.0. The van der Waals surface area contributed by atoms with E-state index in [2.05, 4.69) is 327 Å². The van der Waals surface area contributed by atoms with Crippen molar-refractivity contribution in [2.75, 3.05) is 9.80 Å². The number of fused-ring (bicyclic) bond motifs is 15. The van der Waals surface area contributed by atoms with Crippen molar-refractivity contribution < 1.29 is 0 Å². The third-order valence-corrected chi connectivity index (χ3v) is 21.2. The summed E-state index contributed by atoms with van der Waals surface area (Å²) >= 11 is 0. The van der Waals surface area contributed by atoms with Gasteiger partial charge in [0, 0.05) is 83.8 Å². The molecule has 2 heterocycles. The number of hydrogen-bond acceptors (Lipinski definition) is 2. The highest BCUT2D eigenvalue weighted by atomic mass is 15.2. The molecule has 0 unspecified atom stereocenters. The van der Waals surface area contributed by atoms with Crippen LogP contribution in [0.1, 0.15) is 44.5 Å². The first-order chi connectivity index (χ1) is 46.4. The second kappa shape index (κ2) is 20.9. The zero-order chi connectivity index (χ0) is 62.4. The highest BCUT2D eigenvalue weighted by molar-refractivity contribution is 6.19. The number of nitrogens with zero attached hydrogens (tertiary/aromatic N) is 2. The van der Waals surface area contributed by atoms with Gasteiger partial charge < -0.3 is 19.8 Å². The molecule has 2 aliphatic carbocycles. The Bertz CT molecular complexity index is 5960. The van der Waals surface area contributed by atoms with E-state index in [4.69, 9.17) is 0 Å². The number of benzene rings is 15. The molecule has 0 amide bonds. The molecule has 19 rings (SSSR count). The van der Waals surface area contributed by atoms with Crippen molar-refractivity contribution in [3.63, 3.8) is 0 Å². The van der Waals surface area contributed by atoms with Gasteiger partial charge in [-0.2, -0.15) is 0 Å². The standard InChI is InChI=1S/C90H64N4/c1-53-56(4)89(74-51-61-30-11-15-37-66(61)84(74)81(53)72-42-23-40-70-68-38-16-18-44-76(68)91-86(70)72)94(80-48-22-33-59-29-10-14-36-65(59)80)90-67(60-25-6-5-7-26-60)50-49-62-52-75-85(83(62)90)82(73-43-24-41-71-69-39-17-19-45-77(69)92-87(71)73)54(2)55(3)88(75)93(78-46-20-31-57-27-8-12-34-63(57)78)79-47-21-32-58-28-9-13-35-64(58)79/h5-50,91-92H,51-52H2,1-4H3. The van der Waals surface area contributed by atoms with E-state index in [9.17, 15) is 0 Å². The fourth-order valence-corrected chi connectivity index (χ4v) is 16.8. The van der Waals surface area contributed by atoms with Crippen LogP contribution in [0.2, 0.25) is 0 Å². The van der Waals surface area contributed by atoms with E-state index in [0.717, 1.165) is 45.6 Å². The van der Waals surface area contributed by atoms with Crippen molar-refractivity contribution in [1.82, 2.24) is 9.97 Å². The summed E-state index contributed by atoms with van der Waals surface area (Å²) in [5.74, 6) is 0. The van der Waals surface area contributed by atoms with Crippen molar-refractivity contribution >= 4 is 110 Å². The maximum atomic E-state index is 4.05. The summed E-state index contributed by atoms with van der Waals surface area (Å²) in [6.07, 6.45) is 1.47. The third-order valence-electron chi connectivity index (χ3n) is 21.2. The van der Waals surface area contributed by atoms with Crippen LogP contribution < -0.4 is 9.80 Å². The monoisotopic (exact) mass is 1200 g/mol. The molecule has 15 aromatic carbocycles. The Kier molecular flexibility index (Phi) is 12.0. The number of aromatic amines is 2.